The second-order valence-corrected chi connectivity index (χ2v) is 15.6. The minimum absolute atomic E-state index is 0.0941. The number of hydrogen-bond donors (Lipinski definition) is 0. The van der Waals surface area contributed by atoms with Gasteiger partial charge in [0, 0.05) is 19.3 Å². The van der Waals surface area contributed by atoms with Gasteiger partial charge >= 0.3 is 17.9 Å². The van der Waals surface area contributed by atoms with Crippen LogP contribution in [0.4, 0.5) is 0 Å². The van der Waals surface area contributed by atoms with Gasteiger partial charge in [-0.2, -0.15) is 0 Å². The van der Waals surface area contributed by atoms with Crippen molar-refractivity contribution in [1.82, 2.24) is 0 Å². The minimum Gasteiger partial charge on any atom is -0.462 e. The molecule has 0 aromatic carbocycles. The van der Waals surface area contributed by atoms with E-state index in [1.165, 1.54) is 64.2 Å². The summed E-state index contributed by atoms with van der Waals surface area (Å²) in [4.78, 5) is 37.7. The highest BCUT2D eigenvalue weighted by atomic mass is 16.6. The van der Waals surface area contributed by atoms with Crippen LogP contribution in [0.3, 0.4) is 0 Å². The smallest absolute Gasteiger partial charge is 0.306 e. The maximum atomic E-state index is 12.7. The molecule has 0 saturated carbocycles. The van der Waals surface area contributed by atoms with E-state index in [4.69, 9.17) is 14.2 Å². The monoisotopic (exact) mass is 821 g/mol. The number of allylic oxidation sites excluding steroid dienone is 14. The summed E-state index contributed by atoms with van der Waals surface area (Å²) in [6.07, 6.45) is 60.1. The lowest BCUT2D eigenvalue weighted by atomic mass is 10.1. The standard InChI is InChI=1S/C53H88O6/c1-4-7-10-13-16-18-20-22-23-24-25-26-27-28-29-31-32-34-37-40-43-46-52(55)58-49-50(48-57-51(54)45-42-39-36-15-12-9-6-3)59-53(56)47-44-41-38-35-33-30-21-19-17-14-11-8-5-2/h7,10,16,18-19,21-23,25-26,28-29,32,34,50H,4-6,8-9,11-15,17,20,24,27,30-31,33,35-49H2,1-3H3/b10-7-,18-16-,21-19-,23-22-,26-25-,29-28-,34-32-. The molecule has 0 spiro atoms. The first kappa shape index (κ1) is 55.6. The fourth-order valence-corrected chi connectivity index (χ4v) is 6.26. The van der Waals surface area contributed by atoms with Gasteiger partial charge in [0.15, 0.2) is 6.10 Å². The van der Waals surface area contributed by atoms with E-state index in [0.29, 0.717) is 19.3 Å². The van der Waals surface area contributed by atoms with E-state index in [-0.39, 0.29) is 31.1 Å². The maximum absolute atomic E-state index is 12.7. The second kappa shape index (κ2) is 47.3. The van der Waals surface area contributed by atoms with E-state index < -0.39 is 6.10 Å². The predicted octanol–water partition coefficient (Wildman–Crippen LogP) is 15.6. The number of carbonyl (C=O) groups excluding carboxylic acids is 3. The Morgan fingerprint density at radius 2 is 0.661 bits per heavy atom. The van der Waals surface area contributed by atoms with Gasteiger partial charge in [-0.3, -0.25) is 14.4 Å². The van der Waals surface area contributed by atoms with Gasteiger partial charge in [0.2, 0.25) is 0 Å². The zero-order valence-corrected chi connectivity index (χ0v) is 38.2. The first-order valence-corrected chi connectivity index (χ1v) is 24.1. The summed E-state index contributed by atoms with van der Waals surface area (Å²) in [6, 6.07) is 0. The molecule has 0 fully saturated rings. The fourth-order valence-electron chi connectivity index (χ4n) is 6.26. The molecule has 0 amide bonds. The van der Waals surface area contributed by atoms with Gasteiger partial charge < -0.3 is 14.2 Å². The number of carbonyl (C=O) groups is 3. The number of rotatable bonds is 42. The average molecular weight is 821 g/mol. The number of esters is 3. The quantitative estimate of drug-likeness (QED) is 0.0264. The molecule has 0 rings (SSSR count). The molecule has 0 aromatic heterocycles. The fraction of sp³-hybridized carbons (Fsp3) is 0.679. The normalized spacial score (nSPS) is 12.8. The molecule has 0 aliphatic carbocycles. The number of unbranched alkanes of at least 4 members (excludes halogenated alkanes) is 17. The van der Waals surface area contributed by atoms with Gasteiger partial charge in [0.05, 0.1) is 0 Å². The summed E-state index contributed by atoms with van der Waals surface area (Å²) in [6.45, 7) is 6.40. The zero-order valence-electron chi connectivity index (χ0n) is 38.2. The third-order valence-electron chi connectivity index (χ3n) is 9.88. The van der Waals surface area contributed by atoms with Crippen LogP contribution in [0.2, 0.25) is 0 Å². The number of hydrogen-bond acceptors (Lipinski definition) is 6. The number of ether oxygens (including phenoxy) is 3. The molecule has 0 aliphatic heterocycles. The third-order valence-corrected chi connectivity index (χ3v) is 9.88. The van der Waals surface area contributed by atoms with E-state index in [9.17, 15) is 14.4 Å². The van der Waals surface area contributed by atoms with E-state index in [2.05, 4.69) is 106 Å². The molecular formula is C53H88O6. The molecule has 6 nitrogen and oxygen atoms in total. The first-order chi connectivity index (χ1) is 29.0. The molecule has 1 atom stereocenters. The van der Waals surface area contributed by atoms with Crippen LogP contribution in [0.5, 0.6) is 0 Å². The van der Waals surface area contributed by atoms with Gasteiger partial charge in [0.1, 0.15) is 13.2 Å². The molecule has 0 radical (unpaired) electrons. The van der Waals surface area contributed by atoms with Gasteiger partial charge in [-0.25, -0.2) is 0 Å². The maximum Gasteiger partial charge on any atom is 0.306 e. The summed E-state index contributed by atoms with van der Waals surface area (Å²) >= 11 is 0. The summed E-state index contributed by atoms with van der Waals surface area (Å²) in [7, 11) is 0. The average Bonchev–Trinajstić information content (AvgIpc) is 3.23. The predicted molar refractivity (Wildman–Crippen MR) is 251 cm³/mol. The molecule has 0 aromatic rings. The Morgan fingerprint density at radius 3 is 1.10 bits per heavy atom. The molecule has 0 bridgehead atoms. The van der Waals surface area contributed by atoms with Crippen molar-refractivity contribution in [3.63, 3.8) is 0 Å². The van der Waals surface area contributed by atoms with Crippen LogP contribution >= 0.6 is 0 Å². The third kappa shape index (κ3) is 45.5. The van der Waals surface area contributed by atoms with Crippen LogP contribution in [0.25, 0.3) is 0 Å². The molecule has 59 heavy (non-hydrogen) atoms. The van der Waals surface area contributed by atoms with E-state index in [0.717, 1.165) is 109 Å². The molecule has 0 saturated heterocycles. The summed E-state index contributed by atoms with van der Waals surface area (Å²) in [5.74, 6) is -0.960. The summed E-state index contributed by atoms with van der Waals surface area (Å²) in [5.41, 5.74) is 0. The minimum atomic E-state index is -0.794. The molecule has 6 heteroatoms. The van der Waals surface area contributed by atoms with Crippen molar-refractivity contribution in [2.24, 2.45) is 0 Å². The Balaban J connectivity index is 4.37. The van der Waals surface area contributed by atoms with Crippen LogP contribution in [0.1, 0.15) is 213 Å². The lowest BCUT2D eigenvalue weighted by Gasteiger charge is -2.18. The Labute approximate surface area is 363 Å². The molecule has 336 valence electrons. The second-order valence-electron chi connectivity index (χ2n) is 15.6. The van der Waals surface area contributed by atoms with Crippen LogP contribution in [-0.2, 0) is 28.6 Å². The Hall–Kier alpha value is -3.41. The summed E-state index contributed by atoms with van der Waals surface area (Å²) in [5, 5.41) is 0. The highest BCUT2D eigenvalue weighted by Gasteiger charge is 2.19. The van der Waals surface area contributed by atoms with Gasteiger partial charge in [-0.1, -0.05) is 183 Å². The van der Waals surface area contributed by atoms with Crippen molar-refractivity contribution in [2.75, 3.05) is 13.2 Å². The van der Waals surface area contributed by atoms with Crippen molar-refractivity contribution < 1.29 is 28.6 Å². The lowest BCUT2D eigenvalue weighted by molar-refractivity contribution is -0.167. The largest absolute Gasteiger partial charge is 0.462 e. The van der Waals surface area contributed by atoms with Crippen LogP contribution in [-0.4, -0.2) is 37.2 Å². The Kier molecular flexibility index (Phi) is 44.5. The highest BCUT2D eigenvalue weighted by Crippen LogP contribution is 2.12. The zero-order chi connectivity index (χ0) is 43.0. The molecular weight excluding hydrogens is 733 g/mol. The molecule has 0 heterocycles. The van der Waals surface area contributed by atoms with Crippen LogP contribution in [0.15, 0.2) is 85.1 Å². The van der Waals surface area contributed by atoms with Crippen molar-refractivity contribution in [3.05, 3.63) is 85.1 Å². The molecule has 0 aliphatic rings. The lowest BCUT2D eigenvalue weighted by Crippen LogP contribution is -2.30. The van der Waals surface area contributed by atoms with Crippen molar-refractivity contribution >= 4 is 17.9 Å². The topological polar surface area (TPSA) is 78.9 Å². The van der Waals surface area contributed by atoms with E-state index in [1.54, 1.807) is 0 Å². The van der Waals surface area contributed by atoms with Crippen LogP contribution < -0.4 is 0 Å². The van der Waals surface area contributed by atoms with Crippen molar-refractivity contribution in [3.8, 4) is 0 Å². The molecule has 0 N–H and O–H groups in total. The van der Waals surface area contributed by atoms with Gasteiger partial charge in [-0.05, 0) is 96.3 Å². The Bertz CT molecular complexity index is 1170. The van der Waals surface area contributed by atoms with Gasteiger partial charge in [0.25, 0.3) is 0 Å². The summed E-state index contributed by atoms with van der Waals surface area (Å²) < 4.78 is 16.6. The van der Waals surface area contributed by atoms with E-state index in [1.807, 2.05) is 0 Å². The van der Waals surface area contributed by atoms with Crippen molar-refractivity contribution in [2.45, 2.75) is 219 Å². The SMILES string of the molecule is CC/C=C\C/C=C\C/C=C\C/C=C\C/C=C\C/C=C\CCCCC(=O)OCC(COC(=O)CCCCCCCCC)OC(=O)CCCCCCC/C=C\CCCCCC. The highest BCUT2D eigenvalue weighted by molar-refractivity contribution is 5.71. The van der Waals surface area contributed by atoms with Gasteiger partial charge in [-0.15, -0.1) is 0 Å². The van der Waals surface area contributed by atoms with Crippen LogP contribution in [0, 0.1) is 0 Å². The van der Waals surface area contributed by atoms with Crippen molar-refractivity contribution in [1.29, 1.82) is 0 Å². The first-order valence-electron chi connectivity index (χ1n) is 24.1. The Morgan fingerprint density at radius 1 is 0.356 bits per heavy atom. The molecule has 1 unspecified atom stereocenters. The van der Waals surface area contributed by atoms with E-state index >= 15 is 0 Å².